The van der Waals surface area contributed by atoms with E-state index in [0.717, 1.165) is 25.9 Å². The van der Waals surface area contributed by atoms with Crippen molar-refractivity contribution >= 4 is 44.8 Å². The number of hydrogen-bond acceptors (Lipinski definition) is 7. The highest BCUT2D eigenvalue weighted by molar-refractivity contribution is 7.98. The second kappa shape index (κ2) is 10.4. The molecular formula is C24H26N4O4S2. The summed E-state index contributed by atoms with van der Waals surface area (Å²) in [6.45, 7) is 1.56. The zero-order valence-electron chi connectivity index (χ0n) is 18.9. The molecule has 1 aliphatic rings. The van der Waals surface area contributed by atoms with E-state index < -0.39 is 10.0 Å². The van der Waals surface area contributed by atoms with Gasteiger partial charge in [0.25, 0.3) is 15.9 Å². The minimum Gasteiger partial charge on any atom is -0.497 e. The van der Waals surface area contributed by atoms with Crippen LogP contribution in [0, 0.1) is 0 Å². The van der Waals surface area contributed by atoms with Gasteiger partial charge in [-0.3, -0.25) is 9.52 Å². The summed E-state index contributed by atoms with van der Waals surface area (Å²) in [7, 11) is -2.39. The highest BCUT2D eigenvalue weighted by Gasteiger charge is 2.25. The average molecular weight is 499 g/mol. The zero-order valence-corrected chi connectivity index (χ0v) is 20.6. The smallest absolute Gasteiger partial charge is 0.264 e. The number of ether oxygens (including phenoxy) is 1. The lowest BCUT2D eigenvalue weighted by Crippen LogP contribution is -2.23. The summed E-state index contributed by atoms with van der Waals surface area (Å²) in [6, 6.07) is 15.0. The number of sulfonamides is 1. The number of methoxy groups -OCH3 is 1. The van der Waals surface area contributed by atoms with Crippen LogP contribution in [0.25, 0.3) is 0 Å². The number of rotatable bonds is 8. The second-order valence-corrected chi connectivity index (χ2v) is 10.2. The van der Waals surface area contributed by atoms with Gasteiger partial charge in [-0.25, -0.2) is 13.4 Å². The minimum absolute atomic E-state index is 0.110. The van der Waals surface area contributed by atoms with Gasteiger partial charge in [-0.05, 0) is 73.7 Å². The maximum atomic E-state index is 13.4. The lowest BCUT2D eigenvalue weighted by Gasteiger charge is -2.22. The Hall–Kier alpha value is -3.24. The molecule has 0 spiro atoms. The van der Waals surface area contributed by atoms with Gasteiger partial charge in [-0.2, -0.15) is 0 Å². The summed E-state index contributed by atoms with van der Waals surface area (Å²) in [5.41, 5.74) is 1.85. The van der Waals surface area contributed by atoms with E-state index >= 15 is 0 Å². The van der Waals surface area contributed by atoms with Crippen LogP contribution in [0.15, 0.2) is 70.7 Å². The van der Waals surface area contributed by atoms with E-state index in [-0.39, 0.29) is 10.8 Å². The van der Waals surface area contributed by atoms with Gasteiger partial charge in [0.2, 0.25) is 0 Å². The molecule has 0 radical (unpaired) electrons. The van der Waals surface area contributed by atoms with Gasteiger partial charge < -0.3 is 15.0 Å². The van der Waals surface area contributed by atoms with Crippen LogP contribution in [0.3, 0.4) is 0 Å². The maximum Gasteiger partial charge on any atom is 0.264 e. The Morgan fingerprint density at radius 3 is 2.44 bits per heavy atom. The lowest BCUT2D eigenvalue weighted by atomic mass is 10.2. The first kappa shape index (κ1) is 23.9. The molecule has 0 aliphatic carbocycles. The van der Waals surface area contributed by atoms with Crippen molar-refractivity contribution in [3.8, 4) is 5.75 Å². The highest BCUT2D eigenvalue weighted by Crippen LogP contribution is 2.33. The number of thioether (sulfide) groups is 1. The molecule has 1 amide bonds. The van der Waals surface area contributed by atoms with Crippen molar-refractivity contribution in [1.29, 1.82) is 0 Å². The van der Waals surface area contributed by atoms with Gasteiger partial charge >= 0.3 is 0 Å². The number of amides is 1. The van der Waals surface area contributed by atoms with E-state index in [2.05, 4.69) is 19.9 Å². The standard InChI is InChI=1S/C24H26N4O4S2/c1-32-19-10-7-17(8-11-19)27-34(30,31)22-16-18(9-12-21(22)28-14-3-4-15-28)26-23(29)20-6-5-13-25-24(20)33-2/h5-13,16,27H,3-4,14-15H2,1-2H3,(H,26,29). The maximum absolute atomic E-state index is 13.4. The molecule has 2 aromatic carbocycles. The van der Waals surface area contributed by atoms with Gasteiger partial charge in [0.1, 0.15) is 15.7 Å². The van der Waals surface area contributed by atoms with Crippen LogP contribution >= 0.6 is 11.8 Å². The SMILES string of the molecule is COc1ccc(NS(=O)(=O)c2cc(NC(=O)c3cccnc3SC)ccc2N2CCCC2)cc1. The topological polar surface area (TPSA) is 101 Å². The fraction of sp³-hybridized carbons (Fsp3) is 0.250. The van der Waals surface area contributed by atoms with E-state index in [1.54, 1.807) is 61.8 Å². The average Bonchev–Trinajstić information content (AvgIpc) is 3.39. The van der Waals surface area contributed by atoms with Crippen molar-refractivity contribution in [3.05, 3.63) is 66.4 Å². The molecule has 3 aromatic rings. The number of benzene rings is 2. The Morgan fingerprint density at radius 1 is 1.06 bits per heavy atom. The van der Waals surface area contributed by atoms with Crippen LogP contribution in [-0.4, -0.2) is 45.8 Å². The number of aromatic nitrogens is 1. The molecule has 0 atom stereocenters. The van der Waals surface area contributed by atoms with Crippen LogP contribution < -0.4 is 19.7 Å². The van der Waals surface area contributed by atoms with Crippen LogP contribution in [0.1, 0.15) is 23.2 Å². The van der Waals surface area contributed by atoms with Crippen LogP contribution in [0.5, 0.6) is 5.75 Å². The molecular weight excluding hydrogens is 472 g/mol. The molecule has 178 valence electrons. The van der Waals surface area contributed by atoms with Crippen molar-refractivity contribution in [2.45, 2.75) is 22.8 Å². The molecule has 1 fully saturated rings. The molecule has 10 heteroatoms. The van der Waals surface area contributed by atoms with Crippen LogP contribution in [0.4, 0.5) is 17.1 Å². The van der Waals surface area contributed by atoms with E-state index in [0.29, 0.717) is 33.4 Å². The molecule has 2 heterocycles. The van der Waals surface area contributed by atoms with Gasteiger partial charge in [-0.1, -0.05) is 0 Å². The van der Waals surface area contributed by atoms with Crippen molar-refractivity contribution in [3.63, 3.8) is 0 Å². The predicted octanol–water partition coefficient (Wildman–Crippen LogP) is 4.47. The number of pyridine rings is 1. The predicted molar refractivity (Wildman–Crippen MR) is 136 cm³/mol. The van der Waals surface area contributed by atoms with E-state index in [1.807, 2.05) is 6.26 Å². The molecule has 1 aromatic heterocycles. The summed E-state index contributed by atoms with van der Waals surface area (Å²) in [5, 5.41) is 3.42. The Balaban J connectivity index is 1.67. The van der Waals surface area contributed by atoms with Crippen molar-refractivity contribution in [2.24, 2.45) is 0 Å². The van der Waals surface area contributed by atoms with Gasteiger partial charge in [0.05, 0.1) is 18.4 Å². The van der Waals surface area contributed by atoms with E-state index in [1.165, 1.54) is 17.8 Å². The Kier molecular flexibility index (Phi) is 7.28. The third-order valence-corrected chi connectivity index (χ3v) is 7.63. The Bertz CT molecular complexity index is 1270. The van der Waals surface area contributed by atoms with Crippen LogP contribution in [-0.2, 0) is 10.0 Å². The fourth-order valence-electron chi connectivity index (χ4n) is 3.82. The summed E-state index contributed by atoms with van der Waals surface area (Å²) < 4.78 is 34.7. The zero-order chi connectivity index (χ0) is 24.1. The van der Waals surface area contributed by atoms with E-state index in [4.69, 9.17) is 4.74 Å². The summed E-state index contributed by atoms with van der Waals surface area (Å²) in [5.74, 6) is 0.281. The highest BCUT2D eigenvalue weighted by atomic mass is 32.2. The molecule has 0 unspecified atom stereocenters. The van der Waals surface area contributed by atoms with Crippen molar-refractivity contribution < 1.29 is 17.9 Å². The molecule has 1 aliphatic heterocycles. The van der Waals surface area contributed by atoms with Crippen LogP contribution in [0.2, 0.25) is 0 Å². The summed E-state index contributed by atoms with van der Waals surface area (Å²) in [4.78, 5) is 19.3. The number of nitrogens with one attached hydrogen (secondary N) is 2. The third kappa shape index (κ3) is 5.28. The number of anilines is 3. The van der Waals surface area contributed by atoms with Gasteiger partial charge in [0.15, 0.2) is 0 Å². The molecule has 0 bridgehead atoms. The lowest BCUT2D eigenvalue weighted by molar-refractivity contribution is 0.102. The number of nitrogens with zero attached hydrogens (tertiary/aromatic N) is 2. The Morgan fingerprint density at radius 2 is 1.76 bits per heavy atom. The largest absolute Gasteiger partial charge is 0.497 e. The summed E-state index contributed by atoms with van der Waals surface area (Å²) >= 11 is 1.37. The number of carbonyl (C=O) groups excluding carboxylic acids is 1. The quantitative estimate of drug-likeness (QED) is 0.442. The van der Waals surface area contributed by atoms with Gasteiger partial charge in [-0.15, -0.1) is 11.8 Å². The minimum atomic E-state index is -3.94. The first-order valence-corrected chi connectivity index (χ1v) is 13.5. The molecule has 1 saturated heterocycles. The summed E-state index contributed by atoms with van der Waals surface area (Å²) in [6.07, 6.45) is 5.48. The second-order valence-electron chi connectivity index (χ2n) is 7.73. The Labute approximate surface area is 203 Å². The normalized spacial score (nSPS) is 13.5. The number of hydrogen-bond donors (Lipinski definition) is 2. The first-order chi connectivity index (χ1) is 16.4. The monoisotopic (exact) mass is 498 g/mol. The molecule has 2 N–H and O–H groups in total. The fourth-order valence-corrected chi connectivity index (χ4v) is 5.68. The van der Waals surface area contributed by atoms with Crippen molar-refractivity contribution in [2.75, 3.05) is 41.4 Å². The van der Waals surface area contributed by atoms with Gasteiger partial charge in [0, 0.05) is 30.7 Å². The molecule has 8 nitrogen and oxygen atoms in total. The molecule has 0 saturated carbocycles. The molecule has 34 heavy (non-hydrogen) atoms. The van der Waals surface area contributed by atoms with E-state index in [9.17, 15) is 13.2 Å². The molecule has 4 rings (SSSR count). The third-order valence-electron chi connectivity index (χ3n) is 5.51. The first-order valence-electron chi connectivity index (χ1n) is 10.8. The van der Waals surface area contributed by atoms with Crippen molar-refractivity contribution in [1.82, 2.24) is 4.98 Å². The number of carbonyl (C=O) groups is 1.